The van der Waals surface area contributed by atoms with Crippen LogP contribution in [0.25, 0.3) is 0 Å². The zero-order valence-corrected chi connectivity index (χ0v) is 16.7. The van der Waals surface area contributed by atoms with E-state index < -0.39 is 5.91 Å². The first-order chi connectivity index (χ1) is 12.2. The van der Waals surface area contributed by atoms with Crippen LogP contribution in [0.4, 0.5) is 17.1 Å². The number of carbonyl (C=O) groups is 2. The lowest BCUT2D eigenvalue weighted by Crippen LogP contribution is -2.18. The number of nitrogens with one attached hydrogen (secondary N) is 2. The maximum atomic E-state index is 12.7. The molecule has 0 bridgehead atoms. The molecule has 0 saturated carbocycles. The highest BCUT2D eigenvalue weighted by atomic mass is 35.5. The number of halogens is 4. The normalized spacial score (nSPS) is 10.5. The Hall–Kier alpha value is -1.66. The summed E-state index contributed by atoms with van der Waals surface area (Å²) in [5, 5.41) is 6.09. The van der Waals surface area contributed by atoms with Gasteiger partial charge in [0.2, 0.25) is 5.91 Å². The predicted molar refractivity (Wildman–Crippen MR) is 109 cm³/mol. The van der Waals surface area contributed by atoms with Gasteiger partial charge in [-0.3, -0.25) is 9.59 Å². The SMILES string of the molecule is CCCC(=O)Nc1c(Cl)cc(Cl)cc1C(=O)Nc1cc(Cl)c(N)c(Cl)c1. The van der Waals surface area contributed by atoms with Crippen LogP contribution >= 0.6 is 46.4 Å². The Kier molecular flexibility index (Phi) is 7.01. The Bertz CT molecular complexity index is 848. The maximum absolute atomic E-state index is 12.7. The summed E-state index contributed by atoms with van der Waals surface area (Å²) >= 11 is 24.1. The van der Waals surface area contributed by atoms with E-state index in [-0.39, 0.29) is 42.9 Å². The van der Waals surface area contributed by atoms with Crippen molar-refractivity contribution in [3.05, 3.63) is 49.9 Å². The molecule has 2 aromatic rings. The van der Waals surface area contributed by atoms with Gasteiger partial charge in [0.05, 0.1) is 32.0 Å². The van der Waals surface area contributed by atoms with Crippen LogP contribution in [0.2, 0.25) is 20.1 Å². The number of anilines is 3. The molecule has 0 aliphatic carbocycles. The molecule has 0 fully saturated rings. The van der Waals surface area contributed by atoms with E-state index in [9.17, 15) is 9.59 Å². The fraction of sp³-hybridized carbons (Fsp3) is 0.176. The zero-order valence-electron chi connectivity index (χ0n) is 13.6. The molecule has 5 nitrogen and oxygen atoms in total. The summed E-state index contributed by atoms with van der Waals surface area (Å²) in [6.07, 6.45) is 0.949. The van der Waals surface area contributed by atoms with Gasteiger partial charge in [-0.25, -0.2) is 0 Å². The van der Waals surface area contributed by atoms with Crippen LogP contribution in [0.15, 0.2) is 24.3 Å². The van der Waals surface area contributed by atoms with Gasteiger partial charge in [-0.2, -0.15) is 0 Å². The zero-order chi connectivity index (χ0) is 19.4. The number of amides is 2. The van der Waals surface area contributed by atoms with Gasteiger partial charge < -0.3 is 16.4 Å². The molecule has 0 spiro atoms. The third kappa shape index (κ3) is 4.95. The highest BCUT2D eigenvalue weighted by Crippen LogP contribution is 2.33. The van der Waals surface area contributed by atoms with Gasteiger partial charge in [0.15, 0.2) is 0 Å². The number of hydrogen-bond donors (Lipinski definition) is 3. The molecule has 0 aliphatic heterocycles. The second kappa shape index (κ2) is 8.82. The van der Waals surface area contributed by atoms with Gasteiger partial charge in [0.1, 0.15) is 0 Å². The van der Waals surface area contributed by atoms with E-state index in [0.717, 1.165) is 0 Å². The second-order valence-electron chi connectivity index (χ2n) is 5.42. The number of carbonyl (C=O) groups excluding carboxylic acids is 2. The molecule has 0 aromatic heterocycles. The lowest BCUT2D eigenvalue weighted by Gasteiger charge is -2.14. The second-order valence-corrected chi connectivity index (χ2v) is 7.07. The lowest BCUT2D eigenvalue weighted by molar-refractivity contribution is -0.116. The van der Waals surface area contributed by atoms with Crippen molar-refractivity contribution in [2.75, 3.05) is 16.4 Å². The van der Waals surface area contributed by atoms with Gasteiger partial charge in [0, 0.05) is 17.1 Å². The molecule has 2 aromatic carbocycles. The molecule has 4 N–H and O–H groups in total. The first-order valence-electron chi connectivity index (χ1n) is 7.57. The minimum atomic E-state index is -0.543. The Morgan fingerprint density at radius 2 is 1.58 bits per heavy atom. The molecule has 0 atom stereocenters. The average Bonchev–Trinajstić information content (AvgIpc) is 2.55. The van der Waals surface area contributed by atoms with Crippen molar-refractivity contribution in [1.82, 2.24) is 0 Å². The topological polar surface area (TPSA) is 84.2 Å². The van der Waals surface area contributed by atoms with E-state index in [2.05, 4.69) is 10.6 Å². The lowest BCUT2D eigenvalue weighted by atomic mass is 10.1. The number of nitrogens with two attached hydrogens (primary N) is 1. The van der Waals surface area contributed by atoms with Crippen LogP contribution in [-0.4, -0.2) is 11.8 Å². The summed E-state index contributed by atoms with van der Waals surface area (Å²) in [6.45, 7) is 1.87. The number of rotatable bonds is 5. The van der Waals surface area contributed by atoms with Gasteiger partial charge in [-0.05, 0) is 30.7 Å². The molecule has 0 heterocycles. The predicted octanol–water partition coefficient (Wildman–Crippen LogP) is 5.87. The first-order valence-corrected chi connectivity index (χ1v) is 9.08. The molecule has 0 aliphatic rings. The van der Waals surface area contributed by atoms with Gasteiger partial charge >= 0.3 is 0 Å². The molecule has 9 heteroatoms. The standard InChI is InChI=1S/C17H15Cl4N3O2/c1-2-3-14(25)24-16-10(4-8(18)5-13(16)21)17(26)23-9-6-11(19)15(22)12(20)7-9/h4-7H,2-3,22H2,1H3,(H,23,26)(H,24,25). The van der Waals surface area contributed by atoms with Crippen molar-refractivity contribution in [2.24, 2.45) is 0 Å². The highest BCUT2D eigenvalue weighted by Gasteiger charge is 2.19. The van der Waals surface area contributed by atoms with Crippen LogP contribution in [0, 0.1) is 0 Å². The fourth-order valence-corrected chi connectivity index (χ4v) is 3.19. The van der Waals surface area contributed by atoms with Crippen molar-refractivity contribution >= 4 is 75.3 Å². The van der Waals surface area contributed by atoms with Gasteiger partial charge in [-0.1, -0.05) is 53.3 Å². The van der Waals surface area contributed by atoms with Crippen molar-refractivity contribution < 1.29 is 9.59 Å². The van der Waals surface area contributed by atoms with Crippen molar-refractivity contribution in [1.29, 1.82) is 0 Å². The van der Waals surface area contributed by atoms with Crippen LogP contribution in [0.5, 0.6) is 0 Å². The number of benzene rings is 2. The fourth-order valence-electron chi connectivity index (χ4n) is 2.16. The van der Waals surface area contributed by atoms with E-state index in [1.54, 1.807) is 0 Å². The Morgan fingerprint density at radius 1 is 0.962 bits per heavy atom. The monoisotopic (exact) mass is 433 g/mol. The summed E-state index contributed by atoms with van der Waals surface area (Å²) in [4.78, 5) is 24.6. The third-order valence-electron chi connectivity index (χ3n) is 3.38. The Morgan fingerprint density at radius 3 is 2.15 bits per heavy atom. The van der Waals surface area contributed by atoms with E-state index in [1.165, 1.54) is 24.3 Å². The van der Waals surface area contributed by atoms with E-state index in [0.29, 0.717) is 18.5 Å². The largest absolute Gasteiger partial charge is 0.396 e. The summed E-state index contributed by atoms with van der Waals surface area (Å²) in [7, 11) is 0. The highest BCUT2D eigenvalue weighted by molar-refractivity contribution is 6.40. The van der Waals surface area contributed by atoms with Crippen LogP contribution < -0.4 is 16.4 Å². The summed E-state index contributed by atoms with van der Waals surface area (Å²) in [6, 6.07) is 5.77. The van der Waals surface area contributed by atoms with Gasteiger partial charge in [-0.15, -0.1) is 0 Å². The minimum Gasteiger partial charge on any atom is -0.396 e. The molecule has 26 heavy (non-hydrogen) atoms. The van der Waals surface area contributed by atoms with Crippen LogP contribution in [0.1, 0.15) is 30.1 Å². The van der Waals surface area contributed by atoms with Crippen molar-refractivity contribution in [2.45, 2.75) is 19.8 Å². The number of nitrogen functional groups attached to an aromatic ring is 1. The van der Waals surface area contributed by atoms with E-state index >= 15 is 0 Å². The molecule has 138 valence electrons. The minimum absolute atomic E-state index is 0.107. The Balaban J connectivity index is 2.37. The Labute approximate surface area is 170 Å². The molecule has 2 amide bonds. The molecule has 0 unspecified atom stereocenters. The number of hydrogen-bond acceptors (Lipinski definition) is 3. The summed E-state index contributed by atoms with van der Waals surface area (Å²) in [5.74, 6) is -0.803. The molecular weight excluding hydrogens is 420 g/mol. The van der Waals surface area contributed by atoms with E-state index in [4.69, 9.17) is 52.1 Å². The quantitative estimate of drug-likeness (QED) is 0.514. The third-order valence-corrected chi connectivity index (χ3v) is 4.52. The van der Waals surface area contributed by atoms with E-state index in [1.807, 2.05) is 6.92 Å². The molecule has 2 rings (SSSR count). The smallest absolute Gasteiger partial charge is 0.257 e. The summed E-state index contributed by atoms with van der Waals surface area (Å²) in [5.41, 5.74) is 6.52. The average molecular weight is 435 g/mol. The molecular formula is C17H15Cl4N3O2. The van der Waals surface area contributed by atoms with Crippen LogP contribution in [0.3, 0.4) is 0 Å². The molecule has 0 saturated heterocycles. The van der Waals surface area contributed by atoms with Crippen molar-refractivity contribution in [3.8, 4) is 0 Å². The first kappa shape index (κ1) is 20.6. The van der Waals surface area contributed by atoms with Crippen LogP contribution in [-0.2, 0) is 4.79 Å². The maximum Gasteiger partial charge on any atom is 0.257 e. The summed E-state index contributed by atoms with van der Waals surface area (Å²) < 4.78 is 0. The molecule has 0 radical (unpaired) electrons. The van der Waals surface area contributed by atoms with Gasteiger partial charge in [0.25, 0.3) is 5.91 Å². The van der Waals surface area contributed by atoms with Crippen molar-refractivity contribution in [3.63, 3.8) is 0 Å².